The quantitative estimate of drug-likeness (QED) is 0.639. The van der Waals surface area contributed by atoms with Gasteiger partial charge >= 0.3 is 0 Å². The first-order valence-corrected chi connectivity index (χ1v) is 8.06. The topological polar surface area (TPSA) is 61.4 Å². The molecule has 118 valence electrons. The Labute approximate surface area is 123 Å². The van der Waals surface area contributed by atoms with Gasteiger partial charge in [0.2, 0.25) is 5.91 Å². The lowest BCUT2D eigenvalue weighted by Gasteiger charge is -2.37. The van der Waals surface area contributed by atoms with Gasteiger partial charge in [-0.1, -0.05) is 27.2 Å². The fourth-order valence-electron chi connectivity index (χ4n) is 3.13. The molecule has 0 unspecified atom stereocenters. The van der Waals surface area contributed by atoms with E-state index in [1.54, 1.807) is 0 Å². The third-order valence-corrected chi connectivity index (χ3v) is 4.51. The van der Waals surface area contributed by atoms with Gasteiger partial charge in [0.1, 0.15) is 0 Å². The van der Waals surface area contributed by atoms with E-state index in [1.165, 1.54) is 0 Å². The SMILES string of the molecule is CCCC1(C(=O)NCC(C)(C)CCCO)CCNCC1. The van der Waals surface area contributed by atoms with Crippen LogP contribution in [0.25, 0.3) is 0 Å². The van der Waals surface area contributed by atoms with Crippen LogP contribution in [0.1, 0.15) is 59.3 Å². The van der Waals surface area contributed by atoms with E-state index in [0.717, 1.165) is 51.6 Å². The van der Waals surface area contributed by atoms with E-state index >= 15 is 0 Å². The number of nitrogens with one attached hydrogen (secondary N) is 2. The monoisotopic (exact) mass is 284 g/mol. The zero-order chi connectivity index (χ0) is 15.1. The summed E-state index contributed by atoms with van der Waals surface area (Å²) in [7, 11) is 0. The van der Waals surface area contributed by atoms with E-state index in [1.807, 2.05) is 0 Å². The first-order valence-electron chi connectivity index (χ1n) is 8.06. The molecule has 1 heterocycles. The second kappa shape index (κ2) is 7.99. The number of amides is 1. The minimum absolute atomic E-state index is 0.0543. The largest absolute Gasteiger partial charge is 0.396 e. The molecular weight excluding hydrogens is 252 g/mol. The highest BCUT2D eigenvalue weighted by Gasteiger charge is 2.38. The summed E-state index contributed by atoms with van der Waals surface area (Å²) >= 11 is 0. The Kier molecular flexibility index (Phi) is 6.96. The minimum Gasteiger partial charge on any atom is -0.396 e. The molecule has 0 radical (unpaired) electrons. The molecule has 0 spiro atoms. The normalized spacial score (nSPS) is 18.8. The number of carbonyl (C=O) groups excluding carboxylic acids is 1. The molecule has 1 aliphatic rings. The lowest BCUT2D eigenvalue weighted by molar-refractivity contribution is -0.133. The number of piperidine rings is 1. The number of aliphatic hydroxyl groups is 1. The summed E-state index contributed by atoms with van der Waals surface area (Å²) in [4.78, 5) is 12.6. The lowest BCUT2D eigenvalue weighted by atomic mass is 9.74. The van der Waals surface area contributed by atoms with Gasteiger partial charge in [-0.05, 0) is 50.6 Å². The van der Waals surface area contributed by atoms with Crippen molar-refractivity contribution >= 4 is 5.91 Å². The number of rotatable bonds is 8. The second-order valence-electron chi connectivity index (χ2n) is 6.95. The third-order valence-electron chi connectivity index (χ3n) is 4.51. The Morgan fingerprint density at radius 1 is 1.35 bits per heavy atom. The lowest BCUT2D eigenvalue weighted by Crippen LogP contribution is -2.49. The van der Waals surface area contributed by atoms with Crippen LogP contribution in [0.5, 0.6) is 0 Å². The van der Waals surface area contributed by atoms with Gasteiger partial charge in [-0.15, -0.1) is 0 Å². The molecule has 0 aromatic carbocycles. The highest BCUT2D eigenvalue weighted by Crippen LogP contribution is 2.34. The molecule has 0 bridgehead atoms. The van der Waals surface area contributed by atoms with E-state index in [9.17, 15) is 4.79 Å². The molecule has 4 heteroatoms. The van der Waals surface area contributed by atoms with Gasteiger partial charge < -0.3 is 15.7 Å². The van der Waals surface area contributed by atoms with E-state index < -0.39 is 0 Å². The van der Waals surface area contributed by atoms with Gasteiger partial charge in [-0.25, -0.2) is 0 Å². The van der Waals surface area contributed by atoms with Crippen molar-refractivity contribution in [2.75, 3.05) is 26.2 Å². The minimum atomic E-state index is -0.160. The van der Waals surface area contributed by atoms with Crippen LogP contribution in [0.15, 0.2) is 0 Å². The maximum absolute atomic E-state index is 12.6. The van der Waals surface area contributed by atoms with Crippen molar-refractivity contribution < 1.29 is 9.90 Å². The van der Waals surface area contributed by atoms with E-state index in [-0.39, 0.29) is 23.3 Å². The molecule has 0 saturated carbocycles. The average molecular weight is 284 g/mol. The van der Waals surface area contributed by atoms with Gasteiger partial charge in [0.15, 0.2) is 0 Å². The van der Waals surface area contributed by atoms with Crippen LogP contribution in [-0.4, -0.2) is 37.3 Å². The van der Waals surface area contributed by atoms with Crippen LogP contribution in [-0.2, 0) is 4.79 Å². The first-order chi connectivity index (χ1) is 9.46. The molecule has 1 aliphatic heterocycles. The van der Waals surface area contributed by atoms with Crippen LogP contribution >= 0.6 is 0 Å². The van der Waals surface area contributed by atoms with Crippen molar-refractivity contribution in [1.82, 2.24) is 10.6 Å². The second-order valence-corrected chi connectivity index (χ2v) is 6.95. The van der Waals surface area contributed by atoms with Gasteiger partial charge in [0.05, 0.1) is 5.41 Å². The summed E-state index contributed by atoms with van der Waals surface area (Å²) in [6.07, 6.45) is 5.67. The van der Waals surface area contributed by atoms with Crippen LogP contribution in [0, 0.1) is 10.8 Å². The molecule has 1 rings (SSSR count). The molecule has 0 aromatic heterocycles. The zero-order valence-corrected chi connectivity index (χ0v) is 13.4. The predicted molar refractivity (Wildman–Crippen MR) is 82.6 cm³/mol. The van der Waals surface area contributed by atoms with Crippen LogP contribution in [0.3, 0.4) is 0 Å². The molecule has 3 N–H and O–H groups in total. The van der Waals surface area contributed by atoms with Gasteiger partial charge in [-0.3, -0.25) is 4.79 Å². The molecule has 0 aromatic rings. The summed E-state index contributed by atoms with van der Waals surface area (Å²) < 4.78 is 0. The predicted octanol–water partition coefficient (Wildman–Crippen LogP) is 2.07. The smallest absolute Gasteiger partial charge is 0.226 e. The number of hydrogen-bond donors (Lipinski definition) is 3. The maximum Gasteiger partial charge on any atom is 0.226 e. The van der Waals surface area contributed by atoms with Crippen molar-refractivity contribution in [3.05, 3.63) is 0 Å². The van der Waals surface area contributed by atoms with E-state index in [4.69, 9.17) is 5.11 Å². The maximum atomic E-state index is 12.6. The van der Waals surface area contributed by atoms with Crippen molar-refractivity contribution in [2.45, 2.75) is 59.3 Å². The molecule has 1 fully saturated rings. The summed E-state index contributed by atoms with van der Waals surface area (Å²) in [6.45, 7) is 9.27. The summed E-state index contributed by atoms with van der Waals surface area (Å²) in [6, 6.07) is 0. The Bertz CT molecular complexity index is 291. The standard InChI is InChI=1S/C16H32N2O2/c1-4-6-16(8-10-17-11-9-16)14(20)18-13-15(2,3)7-5-12-19/h17,19H,4-13H2,1-3H3,(H,18,20). The van der Waals surface area contributed by atoms with Crippen molar-refractivity contribution in [2.24, 2.45) is 10.8 Å². The molecule has 0 atom stereocenters. The highest BCUT2D eigenvalue weighted by molar-refractivity contribution is 5.82. The number of hydrogen-bond acceptors (Lipinski definition) is 3. The molecule has 20 heavy (non-hydrogen) atoms. The zero-order valence-electron chi connectivity index (χ0n) is 13.4. The van der Waals surface area contributed by atoms with Crippen LogP contribution in [0.2, 0.25) is 0 Å². The van der Waals surface area contributed by atoms with E-state index in [2.05, 4.69) is 31.4 Å². The summed E-state index contributed by atoms with van der Waals surface area (Å²) in [5, 5.41) is 15.5. The molecule has 4 nitrogen and oxygen atoms in total. The first kappa shape index (κ1) is 17.4. The molecule has 0 aliphatic carbocycles. The fraction of sp³-hybridized carbons (Fsp3) is 0.938. The average Bonchev–Trinajstić information content (AvgIpc) is 2.44. The number of aliphatic hydroxyl groups excluding tert-OH is 1. The number of carbonyl (C=O) groups is 1. The molecule has 1 saturated heterocycles. The Morgan fingerprint density at radius 3 is 2.55 bits per heavy atom. The van der Waals surface area contributed by atoms with Crippen molar-refractivity contribution in [3.8, 4) is 0 Å². The van der Waals surface area contributed by atoms with E-state index in [0.29, 0.717) is 6.54 Å². The third kappa shape index (κ3) is 5.06. The highest BCUT2D eigenvalue weighted by atomic mass is 16.2. The Hall–Kier alpha value is -0.610. The Balaban J connectivity index is 2.54. The summed E-state index contributed by atoms with van der Waals surface area (Å²) in [5.74, 6) is 0.234. The van der Waals surface area contributed by atoms with Gasteiger partial charge in [0.25, 0.3) is 0 Å². The van der Waals surface area contributed by atoms with Gasteiger partial charge in [-0.2, -0.15) is 0 Å². The Morgan fingerprint density at radius 2 is 2.00 bits per heavy atom. The van der Waals surface area contributed by atoms with Crippen molar-refractivity contribution in [1.29, 1.82) is 0 Å². The molecule has 1 amide bonds. The summed E-state index contributed by atoms with van der Waals surface area (Å²) in [5.41, 5.74) is -0.105. The molecular formula is C16H32N2O2. The van der Waals surface area contributed by atoms with Crippen molar-refractivity contribution in [3.63, 3.8) is 0 Å². The van der Waals surface area contributed by atoms with Crippen LogP contribution in [0.4, 0.5) is 0 Å². The van der Waals surface area contributed by atoms with Crippen LogP contribution < -0.4 is 10.6 Å². The van der Waals surface area contributed by atoms with Gasteiger partial charge in [0, 0.05) is 13.2 Å². The fourth-order valence-corrected chi connectivity index (χ4v) is 3.13.